The molecule has 0 saturated carbocycles. The minimum absolute atomic E-state index is 0.113. The summed E-state index contributed by atoms with van der Waals surface area (Å²) < 4.78 is 20.4. The number of aromatic nitrogens is 3. The van der Waals surface area contributed by atoms with Crippen LogP contribution in [0.5, 0.6) is 0 Å². The minimum Gasteiger partial charge on any atom is -0.448 e. The van der Waals surface area contributed by atoms with Crippen molar-refractivity contribution < 1.29 is 18.7 Å². The summed E-state index contributed by atoms with van der Waals surface area (Å²) in [5.74, 6) is -1.55. The summed E-state index contributed by atoms with van der Waals surface area (Å²) >= 11 is 11.8. The van der Waals surface area contributed by atoms with E-state index in [1.807, 2.05) is 0 Å². The lowest BCUT2D eigenvalue weighted by Crippen LogP contribution is -2.30. The number of amides is 1. The van der Waals surface area contributed by atoms with E-state index in [0.717, 1.165) is 30.5 Å². The molecule has 0 aliphatic heterocycles. The lowest BCUT2D eigenvalue weighted by Gasteiger charge is -2.15. The minimum atomic E-state index is -1.12. The van der Waals surface area contributed by atoms with E-state index in [-0.39, 0.29) is 22.4 Å². The molecule has 0 bridgehead atoms. The molecule has 1 unspecified atom stereocenters. The van der Waals surface area contributed by atoms with E-state index >= 15 is 0 Å². The fraction of sp³-hybridized carbons (Fsp3) is 0.273. The Morgan fingerprint density at radius 1 is 1.19 bits per heavy atom. The maximum absolute atomic E-state index is 13.3. The van der Waals surface area contributed by atoms with Crippen LogP contribution in [0.25, 0.3) is 5.69 Å². The number of hydrogen-bond donors (Lipinski definition) is 1. The first-order chi connectivity index (χ1) is 15.3. The van der Waals surface area contributed by atoms with Crippen molar-refractivity contribution in [2.45, 2.75) is 38.7 Å². The van der Waals surface area contributed by atoms with E-state index in [0.29, 0.717) is 17.1 Å². The van der Waals surface area contributed by atoms with Gasteiger partial charge in [-0.1, -0.05) is 23.2 Å². The van der Waals surface area contributed by atoms with Gasteiger partial charge in [-0.15, -0.1) is 0 Å². The molecule has 1 N–H and O–H groups in total. The molecule has 10 heteroatoms. The van der Waals surface area contributed by atoms with E-state index in [4.69, 9.17) is 27.9 Å². The number of halogens is 3. The van der Waals surface area contributed by atoms with Crippen LogP contribution in [0.1, 0.15) is 41.5 Å². The van der Waals surface area contributed by atoms with E-state index < -0.39 is 18.0 Å². The highest BCUT2D eigenvalue weighted by Gasteiger charge is 2.29. The Bertz CT molecular complexity index is 1180. The number of hydrogen-bond acceptors (Lipinski definition) is 5. The molecule has 3 aromatic rings. The fourth-order valence-electron chi connectivity index (χ4n) is 3.55. The highest BCUT2D eigenvalue weighted by molar-refractivity contribution is 6.36. The Labute approximate surface area is 193 Å². The van der Waals surface area contributed by atoms with E-state index in [1.165, 1.54) is 31.3 Å². The Morgan fingerprint density at radius 2 is 1.91 bits per heavy atom. The molecule has 1 aliphatic rings. The number of carbonyl (C=O) groups is 2. The largest absolute Gasteiger partial charge is 0.448 e. The second-order valence-electron chi connectivity index (χ2n) is 7.39. The molecular formula is C22H19Cl2FN4O3. The van der Waals surface area contributed by atoms with Gasteiger partial charge in [0.05, 0.1) is 15.7 Å². The average Bonchev–Trinajstić information content (AvgIpc) is 3.16. The Morgan fingerprint density at radius 3 is 2.62 bits per heavy atom. The van der Waals surface area contributed by atoms with Gasteiger partial charge in [0.2, 0.25) is 0 Å². The average molecular weight is 477 g/mol. The topological polar surface area (TPSA) is 86.1 Å². The van der Waals surface area contributed by atoms with Crippen LogP contribution in [-0.2, 0) is 22.4 Å². The first-order valence-electron chi connectivity index (χ1n) is 10.0. The molecule has 1 amide bonds. The maximum atomic E-state index is 13.3. The molecule has 32 heavy (non-hydrogen) atoms. The zero-order valence-corrected chi connectivity index (χ0v) is 18.6. The van der Waals surface area contributed by atoms with Crippen LogP contribution in [-0.4, -0.2) is 32.7 Å². The number of benzene rings is 1. The van der Waals surface area contributed by atoms with Gasteiger partial charge < -0.3 is 10.1 Å². The molecule has 166 valence electrons. The van der Waals surface area contributed by atoms with Gasteiger partial charge in [0.15, 0.2) is 17.6 Å². The Kier molecular flexibility index (Phi) is 6.43. The van der Waals surface area contributed by atoms with Crippen molar-refractivity contribution in [3.63, 3.8) is 0 Å². The normalized spacial score (nSPS) is 13.9. The van der Waals surface area contributed by atoms with Crippen molar-refractivity contribution >= 4 is 40.9 Å². The number of carbonyl (C=O) groups excluding carboxylic acids is 2. The monoisotopic (exact) mass is 476 g/mol. The van der Waals surface area contributed by atoms with Gasteiger partial charge in [0, 0.05) is 17.5 Å². The van der Waals surface area contributed by atoms with E-state index in [2.05, 4.69) is 15.4 Å². The van der Waals surface area contributed by atoms with Gasteiger partial charge in [-0.3, -0.25) is 4.79 Å². The third-order valence-corrected chi connectivity index (χ3v) is 5.64. The van der Waals surface area contributed by atoms with Gasteiger partial charge in [0.25, 0.3) is 5.91 Å². The van der Waals surface area contributed by atoms with Gasteiger partial charge in [-0.05, 0) is 62.9 Å². The molecule has 1 aromatic carbocycles. The third kappa shape index (κ3) is 4.61. The smallest absolute Gasteiger partial charge is 0.359 e. The highest BCUT2D eigenvalue weighted by Crippen LogP contribution is 2.28. The molecule has 1 aliphatic carbocycles. The Balaban J connectivity index is 1.54. The van der Waals surface area contributed by atoms with E-state index in [9.17, 15) is 14.0 Å². The molecule has 2 heterocycles. The number of nitrogens with one attached hydrogen (secondary N) is 1. The second kappa shape index (κ2) is 9.26. The molecule has 2 aromatic heterocycles. The summed E-state index contributed by atoms with van der Waals surface area (Å²) in [4.78, 5) is 29.3. The van der Waals surface area contributed by atoms with Crippen molar-refractivity contribution in [2.24, 2.45) is 0 Å². The van der Waals surface area contributed by atoms with Gasteiger partial charge >= 0.3 is 5.97 Å². The van der Waals surface area contributed by atoms with Crippen LogP contribution in [0.2, 0.25) is 10.0 Å². The first kappa shape index (κ1) is 22.2. The zero-order chi connectivity index (χ0) is 22.8. The molecule has 0 saturated heterocycles. The quantitative estimate of drug-likeness (QED) is 0.535. The zero-order valence-electron chi connectivity index (χ0n) is 17.1. The number of esters is 1. The van der Waals surface area contributed by atoms with Crippen molar-refractivity contribution in [3.05, 3.63) is 69.3 Å². The molecular weight excluding hydrogens is 458 g/mol. The number of fused-ring (bicyclic) bond motifs is 1. The Hall–Kier alpha value is -2.97. The van der Waals surface area contributed by atoms with Crippen LogP contribution in [0.4, 0.5) is 10.2 Å². The number of anilines is 1. The first-order valence-corrected chi connectivity index (χ1v) is 10.8. The predicted octanol–water partition coefficient (Wildman–Crippen LogP) is 4.78. The maximum Gasteiger partial charge on any atom is 0.359 e. The van der Waals surface area contributed by atoms with Crippen molar-refractivity contribution in [2.75, 3.05) is 5.32 Å². The van der Waals surface area contributed by atoms with Gasteiger partial charge in [0.1, 0.15) is 5.82 Å². The summed E-state index contributed by atoms with van der Waals surface area (Å²) in [6, 6.07) is 7.33. The van der Waals surface area contributed by atoms with Gasteiger partial charge in [-0.25, -0.2) is 18.9 Å². The summed E-state index contributed by atoms with van der Waals surface area (Å²) in [6.07, 6.45) is 3.51. The lowest BCUT2D eigenvalue weighted by atomic mass is 9.95. The van der Waals surface area contributed by atoms with Crippen molar-refractivity contribution in [1.29, 1.82) is 0 Å². The van der Waals surface area contributed by atoms with E-state index in [1.54, 1.807) is 16.8 Å². The van der Waals surface area contributed by atoms with Crippen LogP contribution >= 0.6 is 23.2 Å². The van der Waals surface area contributed by atoms with Crippen molar-refractivity contribution in [1.82, 2.24) is 14.8 Å². The summed E-state index contributed by atoms with van der Waals surface area (Å²) in [5.41, 5.74) is 2.49. The SMILES string of the molecule is CC(OC(=O)c1nn(-c2ccc(F)cc2)c2c1CCCC2)C(=O)Nc1ncc(Cl)cc1Cl. The molecule has 0 radical (unpaired) electrons. The standard InChI is InChI=1S/C22H19Cl2FN4O3/c1-12(21(30)27-20-17(24)10-13(23)11-26-20)32-22(31)19-16-4-2-3-5-18(16)29(28-19)15-8-6-14(25)7-9-15/h6-12H,2-5H2,1H3,(H,26,27,30). The van der Waals surface area contributed by atoms with Crippen LogP contribution in [0.15, 0.2) is 36.5 Å². The number of rotatable bonds is 5. The molecule has 4 rings (SSSR count). The highest BCUT2D eigenvalue weighted by atomic mass is 35.5. The molecule has 1 atom stereocenters. The van der Waals surface area contributed by atoms with Crippen LogP contribution in [0.3, 0.4) is 0 Å². The third-order valence-electron chi connectivity index (χ3n) is 5.15. The number of pyridine rings is 1. The molecule has 7 nitrogen and oxygen atoms in total. The lowest BCUT2D eigenvalue weighted by molar-refractivity contribution is -0.123. The fourth-order valence-corrected chi connectivity index (χ4v) is 3.98. The van der Waals surface area contributed by atoms with Crippen LogP contribution < -0.4 is 5.32 Å². The molecule has 0 spiro atoms. The van der Waals surface area contributed by atoms with Crippen LogP contribution in [0, 0.1) is 5.82 Å². The number of ether oxygens (including phenoxy) is 1. The predicted molar refractivity (Wildman–Crippen MR) is 118 cm³/mol. The number of nitrogens with zero attached hydrogens (tertiary/aromatic N) is 3. The summed E-state index contributed by atoms with van der Waals surface area (Å²) in [5, 5.41) is 7.46. The van der Waals surface area contributed by atoms with Crippen molar-refractivity contribution in [3.8, 4) is 5.69 Å². The summed E-state index contributed by atoms with van der Waals surface area (Å²) in [6.45, 7) is 1.44. The molecule has 0 fully saturated rings. The van der Waals surface area contributed by atoms with Gasteiger partial charge in [-0.2, -0.15) is 5.10 Å². The second-order valence-corrected chi connectivity index (χ2v) is 8.23. The summed E-state index contributed by atoms with van der Waals surface area (Å²) in [7, 11) is 0.